The maximum Gasteiger partial charge on any atom is 0.251 e. The molecule has 0 aliphatic heterocycles. The Hall–Kier alpha value is -2.40. The molecule has 2 aromatic carbocycles. The largest absolute Gasteiger partial charge is 0.495 e. The molecule has 0 aromatic heterocycles. The van der Waals surface area contributed by atoms with E-state index in [1.807, 2.05) is 13.0 Å². The van der Waals surface area contributed by atoms with Gasteiger partial charge in [-0.05, 0) is 42.8 Å². The van der Waals surface area contributed by atoms with Gasteiger partial charge in [0.15, 0.2) is 0 Å². The van der Waals surface area contributed by atoms with Crippen LogP contribution in [0.4, 0.5) is 17.1 Å². The summed E-state index contributed by atoms with van der Waals surface area (Å²) in [5.74, 6) is 0.478. The van der Waals surface area contributed by atoms with E-state index in [0.717, 1.165) is 12.1 Å². The average molecular weight is 334 g/mol. The first-order chi connectivity index (χ1) is 11.0. The number of nitrogens with one attached hydrogen (secondary N) is 2. The first kappa shape index (κ1) is 17.0. The number of anilines is 3. The minimum Gasteiger partial charge on any atom is -0.495 e. The molecule has 0 spiro atoms. The number of benzene rings is 2. The number of carbonyl (C=O) groups is 1. The monoisotopic (exact) mass is 333 g/mol. The van der Waals surface area contributed by atoms with Crippen LogP contribution in [-0.4, -0.2) is 19.6 Å². The molecule has 0 aliphatic carbocycles. The molecule has 0 fully saturated rings. The van der Waals surface area contributed by atoms with E-state index in [0.29, 0.717) is 34.3 Å². The highest BCUT2D eigenvalue weighted by Gasteiger charge is 2.08. The molecule has 0 aliphatic rings. The highest BCUT2D eigenvalue weighted by Crippen LogP contribution is 2.30. The summed E-state index contributed by atoms with van der Waals surface area (Å²) < 4.78 is 5.12. The van der Waals surface area contributed by atoms with Crippen molar-refractivity contribution < 1.29 is 9.53 Å². The Morgan fingerprint density at radius 1 is 1.26 bits per heavy atom. The Kier molecular flexibility index (Phi) is 5.71. The van der Waals surface area contributed by atoms with Crippen LogP contribution in [0.3, 0.4) is 0 Å². The molecule has 0 heterocycles. The number of ether oxygens (including phenoxy) is 1. The van der Waals surface area contributed by atoms with Gasteiger partial charge < -0.3 is 21.1 Å². The van der Waals surface area contributed by atoms with Crippen LogP contribution in [0.5, 0.6) is 5.75 Å². The van der Waals surface area contributed by atoms with Crippen molar-refractivity contribution in [1.82, 2.24) is 5.32 Å². The summed E-state index contributed by atoms with van der Waals surface area (Å²) >= 11 is 6.10. The fourth-order valence-corrected chi connectivity index (χ4v) is 2.32. The van der Waals surface area contributed by atoms with Crippen LogP contribution < -0.4 is 21.1 Å². The van der Waals surface area contributed by atoms with E-state index in [9.17, 15) is 4.79 Å². The zero-order valence-electron chi connectivity index (χ0n) is 13.2. The maximum absolute atomic E-state index is 11.9. The summed E-state index contributed by atoms with van der Waals surface area (Å²) in [6.07, 6.45) is 0.888. The second-order valence-corrected chi connectivity index (χ2v) is 5.44. The number of methoxy groups -OCH3 is 1. The molecular formula is C17H20ClN3O2. The van der Waals surface area contributed by atoms with Crippen LogP contribution in [0, 0.1) is 0 Å². The van der Waals surface area contributed by atoms with E-state index in [-0.39, 0.29) is 5.91 Å². The molecule has 0 atom stereocenters. The molecule has 0 unspecified atom stereocenters. The molecule has 1 amide bonds. The van der Waals surface area contributed by atoms with Gasteiger partial charge in [-0.3, -0.25) is 4.79 Å². The zero-order valence-corrected chi connectivity index (χ0v) is 13.9. The predicted molar refractivity (Wildman–Crippen MR) is 94.8 cm³/mol. The van der Waals surface area contributed by atoms with Gasteiger partial charge in [0.2, 0.25) is 0 Å². The van der Waals surface area contributed by atoms with Gasteiger partial charge in [-0.15, -0.1) is 0 Å². The van der Waals surface area contributed by atoms with Gasteiger partial charge in [-0.25, -0.2) is 0 Å². The third kappa shape index (κ3) is 4.29. The van der Waals surface area contributed by atoms with E-state index in [2.05, 4.69) is 10.6 Å². The van der Waals surface area contributed by atoms with Crippen molar-refractivity contribution >= 4 is 34.6 Å². The summed E-state index contributed by atoms with van der Waals surface area (Å²) in [7, 11) is 1.56. The molecule has 2 rings (SSSR count). The summed E-state index contributed by atoms with van der Waals surface area (Å²) in [6, 6.07) is 10.5. The lowest BCUT2D eigenvalue weighted by Crippen LogP contribution is -2.24. The summed E-state index contributed by atoms with van der Waals surface area (Å²) in [5.41, 5.74) is 8.54. The van der Waals surface area contributed by atoms with Crippen LogP contribution in [0.15, 0.2) is 36.4 Å². The molecule has 0 bridgehead atoms. The Bertz CT molecular complexity index is 704. The fraction of sp³-hybridized carbons (Fsp3) is 0.235. The smallest absolute Gasteiger partial charge is 0.251 e. The molecule has 5 nitrogen and oxygen atoms in total. The molecular weight excluding hydrogens is 314 g/mol. The Morgan fingerprint density at radius 2 is 2.04 bits per heavy atom. The van der Waals surface area contributed by atoms with Gasteiger partial charge in [0, 0.05) is 17.8 Å². The topological polar surface area (TPSA) is 76.4 Å². The first-order valence-corrected chi connectivity index (χ1v) is 7.71. The summed E-state index contributed by atoms with van der Waals surface area (Å²) in [6.45, 7) is 2.64. The molecule has 0 radical (unpaired) electrons. The van der Waals surface area contributed by atoms with Crippen molar-refractivity contribution in [3.05, 3.63) is 47.0 Å². The quantitative estimate of drug-likeness (QED) is 0.702. The highest BCUT2D eigenvalue weighted by molar-refractivity contribution is 6.32. The SMILES string of the molecule is CCCNC(=O)c1ccc(Nc2ccc(OC)c(Cl)c2)c(N)c1. The fourth-order valence-electron chi connectivity index (χ4n) is 2.06. The lowest BCUT2D eigenvalue weighted by Gasteiger charge is -2.12. The number of halogens is 1. The van der Waals surface area contributed by atoms with Crippen LogP contribution in [-0.2, 0) is 0 Å². The molecule has 0 saturated heterocycles. The third-order valence-corrected chi connectivity index (χ3v) is 3.58. The van der Waals surface area contributed by atoms with Gasteiger partial charge >= 0.3 is 0 Å². The number of rotatable bonds is 6. The Morgan fingerprint density at radius 3 is 2.65 bits per heavy atom. The number of carbonyl (C=O) groups excluding carboxylic acids is 1. The van der Waals surface area contributed by atoms with Crippen LogP contribution >= 0.6 is 11.6 Å². The molecule has 6 heteroatoms. The van der Waals surface area contributed by atoms with E-state index < -0.39 is 0 Å². The standard InChI is InChI=1S/C17H20ClN3O2/c1-3-8-20-17(22)11-4-6-15(14(19)9-11)21-12-5-7-16(23-2)13(18)10-12/h4-7,9-10,21H,3,8,19H2,1-2H3,(H,20,22). The Labute approximate surface area is 140 Å². The number of amides is 1. The van der Waals surface area contributed by atoms with Crippen molar-refractivity contribution in [2.24, 2.45) is 0 Å². The molecule has 23 heavy (non-hydrogen) atoms. The van der Waals surface area contributed by atoms with E-state index in [1.165, 1.54) is 0 Å². The van der Waals surface area contributed by atoms with Crippen LogP contribution in [0.1, 0.15) is 23.7 Å². The number of nitrogens with two attached hydrogens (primary N) is 1. The average Bonchev–Trinajstić information content (AvgIpc) is 2.54. The lowest BCUT2D eigenvalue weighted by molar-refractivity contribution is 0.0953. The van der Waals surface area contributed by atoms with Crippen molar-refractivity contribution in [3.8, 4) is 5.75 Å². The van der Waals surface area contributed by atoms with Gasteiger partial charge in [-0.1, -0.05) is 18.5 Å². The summed E-state index contributed by atoms with van der Waals surface area (Å²) in [4.78, 5) is 11.9. The zero-order chi connectivity index (χ0) is 16.8. The van der Waals surface area contributed by atoms with Crippen LogP contribution in [0.2, 0.25) is 5.02 Å². The van der Waals surface area contributed by atoms with Gasteiger partial charge in [0.25, 0.3) is 5.91 Å². The number of hydrogen-bond acceptors (Lipinski definition) is 4. The Balaban J connectivity index is 2.15. The van der Waals surface area contributed by atoms with Crippen molar-refractivity contribution in [3.63, 3.8) is 0 Å². The molecule has 0 saturated carbocycles. The molecule has 2 aromatic rings. The second-order valence-electron chi connectivity index (χ2n) is 5.03. The van der Waals surface area contributed by atoms with Gasteiger partial charge in [0.1, 0.15) is 5.75 Å². The third-order valence-electron chi connectivity index (χ3n) is 3.28. The minimum atomic E-state index is -0.127. The first-order valence-electron chi connectivity index (χ1n) is 7.33. The molecule has 122 valence electrons. The second kappa shape index (κ2) is 7.74. The predicted octanol–water partition coefficient (Wildman–Crippen LogP) is 3.81. The number of hydrogen-bond donors (Lipinski definition) is 3. The minimum absolute atomic E-state index is 0.127. The van der Waals surface area contributed by atoms with Crippen LogP contribution in [0.25, 0.3) is 0 Å². The lowest BCUT2D eigenvalue weighted by atomic mass is 10.1. The van der Waals surface area contributed by atoms with E-state index in [4.69, 9.17) is 22.1 Å². The number of nitrogen functional groups attached to an aromatic ring is 1. The van der Waals surface area contributed by atoms with Gasteiger partial charge in [-0.2, -0.15) is 0 Å². The van der Waals surface area contributed by atoms with E-state index >= 15 is 0 Å². The maximum atomic E-state index is 11.9. The normalized spacial score (nSPS) is 10.2. The highest BCUT2D eigenvalue weighted by atomic mass is 35.5. The molecule has 4 N–H and O–H groups in total. The van der Waals surface area contributed by atoms with Crippen molar-refractivity contribution in [2.45, 2.75) is 13.3 Å². The van der Waals surface area contributed by atoms with E-state index in [1.54, 1.807) is 37.4 Å². The van der Waals surface area contributed by atoms with Gasteiger partial charge in [0.05, 0.1) is 23.5 Å². The van der Waals surface area contributed by atoms with Crippen molar-refractivity contribution in [2.75, 3.05) is 24.7 Å². The summed E-state index contributed by atoms with van der Waals surface area (Å²) in [5, 5.41) is 6.50. The van der Waals surface area contributed by atoms with Crippen molar-refractivity contribution in [1.29, 1.82) is 0 Å².